The van der Waals surface area contributed by atoms with Crippen molar-refractivity contribution in [3.8, 4) is 0 Å². The zero-order valence-corrected chi connectivity index (χ0v) is 9.98. The van der Waals surface area contributed by atoms with Gasteiger partial charge in [-0.1, -0.05) is 5.16 Å². The van der Waals surface area contributed by atoms with Crippen molar-refractivity contribution < 1.29 is 9.32 Å². The van der Waals surface area contributed by atoms with Gasteiger partial charge in [-0.2, -0.15) is 0 Å². The van der Waals surface area contributed by atoms with Gasteiger partial charge in [0.2, 0.25) is 5.91 Å². The maximum absolute atomic E-state index is 12.1. The lowest BCUT2D eigenvalue weighted by Crippen LogP contribution is -2.39. The van der Waals surface area contributed by atoms with E-state index in [1.54, 1.807) is 0 Å². The molecule has 1 saturated heterocycles. The van der Waals surface area contributed by atoms with E-state index in [2.05, 4.69) is 10.5 Å². The lowest BCUT2D eigenvalue weighted by atomic mass is 10.2. The Morgan fingerprint density at radius 1 is 1.53 bits per heavy atom. The highest BCUT2D eigenvalue weighted by molar-refractivity contribution is 5.84. The van der Waals surface area contributed by atoms with Crippen LogP contribution in [0.5, 0.6) is 0 Å². The fourth-order valence-corrected chi connectivity index (χ4v) is 2.27. The van der Waals surface area contributed by atoms with Crippen molar-refractivity contribution in [2.24, 2.45) is 0 Å². The molecular weight excluding hydrogens is 218 g/mol. The van der Waals surface area contributed by atoms with Crippen molar-refractivity contribution in [3.05, 3.63) is 17.5 Å². The van der Waals surface area contributed by atoms with Crippen LogP contribution in [-0.4, -0.2) is 34.6 Å². The minimum absolute atomic E-state index is 0.0236. The standard InChI is InChI=1S/C12H17N3O2/c1-8-6-10(14-17-8)7-15-5-4-11(12(15)16)13-9-2-3-9/h6,9,11,13H,2-5,7H2,1H3. The summed E-state index contributed by atoms with van der Waals surface area (Å²) >= 11 is 0. The molecule has 5 nitrogen and oxygen atoms in total. The normalized spacial score (nSPS) is 24.6. The average molecular weight is 235 g/mol. The first-order valence-corrected chi connectivity index (χ1v) is 6.19. The third-order valence-electron chi connectivity index (χ3n) is 3.34. The van der Waals surface area contributed by atoms with Gasteiger partial charge in [-0.25, -0.2) is 0 Å². The molecule has 0 aromatic carbocycles. The SMILES string of the molecule is Cc1cc(CN2CCC(NC3CC3)C2=O)no1. The van der Waals surface area contributed by atoms with Gasteiger partial charge >= 0.3 is 0 Å². The van der Waals surface area contributed by atoms with Gasteiger partial charge in [0, 0.05) is 18.7 Å². The fraction of sp³-hybridized carbons (Fsp3) is 0.667. The highest BCUT2D eigenvalue weighted by Gasteiger charge is 2.35. The van der Waals surface area contributed by atoms with Crippen LogP contribution < -0.4 is 5.32 Å². The lowest BCUT2D eigenvalue weighted by Gasteiger charge is -2.15. The van der Waals surface area contributed by atoms with Crippen LogP contribution in [0.4, 0.5) is 0 Å². The summed E-state index contributed by atoms with van der Waals surface area (Å²) in [6.07, 6.45) is 3.34. The molecule has 1 atom stereocenters. The van der Waals surface area contributed by atoms with E-state index < -0.39 is 0 Å². The maximum atomic E-state index is 12.1. The number of amides is 1. The van der Waals surface area contributed by atoms with Gasteiger partial charge < -0.3 is 14.7 Å². The van der Waals surface area contributed by atoms with E-state index in [-0.39, 0.29) is 11.9 Å². The topological polar surface area (TPSA) is 58.4 Å². The molecule has 0 radical (unpaired) electrons. The van der Waals surface area contributed by atoms with Gasteiger partial charge in [0.15, 0.2) is 0 Å². The summed E-state index contributed by atoms with van der Waals surface area (Å²) in [7, 11) is 0. The van der Waals surface area contributed by atoms with Gasteiger partial charge in [-0.3, -0.25) is 4.79 Å². The Morgan fingerprint density at radius 2 is 2.35 bits per heavy atom. The summed E-state index contributed by atoms with van der Waals surface area (Å²) in [6, 6.07) is 2.49. The summed E-state index contributed by atoms with van der Waals surface area (Å²) in [6.45, 7) is 3.24. The molecule has 2 heterocycles. The molecule has 0 spiro atoms. The molecule has 2 fully saturated rings. The zero-order valence-electron chi connectivity index (χ0n) is 9.98. The van der Waals surface area contributed by atoms with E-state index in [4.69, 9.17) is 4.52 Å². The monoisotopic (exact) mass is 235 g/mol. The number of hydrogen-bond acceptors (Lipinski definition) is 4. The highest BCUT2D eigenvalue weighted by Crippen LogP contribution is 2.23. The minimum Gasteiger partial charge on any atom is -0.361 e. The largest absolute Gasteiger partial charge is 0.361 e. The van der Waals surface area contributed by atoms with Crippen LogP contribution >= 0.6 is 0 Å². The predicted molar refractivity (Wildman–Crippen MR) is 61.2 cm³/mol. The van der Waals surface area contributed by atoms with Gasteiger partial charge in [-0.15, -0.1) is 0 Å². The second-order valence-electron chi connectivity index (χ2n) is 4.97. The Kier molecular flexibility index (Phi) is 2.63. The Bertz CT molecular complexity index is 425. The lowest BCUT2D eigenvalue weighted by molar-refractivity contribution is -0.130. The Labute approximate surface area is 100 Å². The van der Waals surface area contributed by atoms with Crippen molar-refractivity contribution in [2.75, 3.05) is 6.54 Å². The summed E-state index contributed by atoms with van der Waals surface area (Å²) < 4.78 is 5.01. The second kappa shape index (κ2) is 4.14. The Balaban J connectivity index is 1.59. The molecule has 3 rings (SSSR count). The van der Waals surface area contributed by atoms with Gasteiger partial charge in [0.1, 0.15) is 11.5 Å². The van der Waals surface area contributed by atoms with E-state index in [1.807, 2.05) is 17.9 Å². The van der Waals surface area contributed by atoms with Crippen LogP contribution in [0.25, 0.3) is 0 Å². The number of aryl methyl sites for hydroxylation is 1. The molecule has 5 heteroatoms. The number of carbonyl (C=O) groups is 1. The molecule has 1 aliphatic heterocycles. The van der Waals surface area contributed by atoms with Crippen LogP contribution in [0.2, 0.25) is 0 Å². The average Bonchev–Trinajstić information content (AvgIpc) is 2.94. The molecule has 2 aliphatic rings. The van der Waals surface area contributed by atoms with Crippen molar-refractivity contribution in [1.82, 2.24) is 15.4 Å². The van der Waals surface area contributed by atoms with Crippen molar-refractivity contribution in [1.29, 1.82) is 0 Å². The molecule has 92 valence electrons. The van der Waals surface area contributed by atoms with E-state index in [0.717, 1.165) is 24.4 Å². The summed E-state index contributed by atoms with van der Waals surface area (Å²) in [5.74, 6) is 0.997. The van der Waals surface area contributed by atoms with Gasteiger partial charge in [-0.05, 0) is 26.2 Å². The van der Waals surface area contributed by atoms with Crippen LogP contribution in [-0.2, 0) is 11.3 Å². The second-order valence-corrected chi connectivity index (χ2v) is 4.97. The number of likely N-dealkylation sites (tertiary alicyclic amines) is 1. The molecule has 1 N–H and O–H groups in total. The van der Waals surface area contributed by atoms with Crippen molar-refractivity contribution in [2.45, 2.75) is 44.8 Å². The Morgan fingerprint density at radius 3 is 3.00 bits per heavy atom. The molecule has 0 bridgehead atoms. The number of rotatable bonds is 4. The van der Waals surface area contributed by atoms with Crippen LogP contribution in [0, 0.1) is 6.92 Å². The molecule has 1 amide bonds. The number of nitrogens with zero attached hydrogens (tertiary/aromatic N) is 2. The molecule has 1 aromatic rings. The first kappa shape index (κ1) is 10.8. The summed E-state index contributed by atoms with van der Waals surface area (Å²) in [5, 5.41) is 7.31. The van der Waals surface area contributed by atoms with Gasteiger partial charge in [0.05, 0.1) is 12.6 Å². The first-order valence-electron chi connectivity index (χ1n) is 6.19. The first-order chi connectivity index (χ1) is 8.22. The number of carbonyl (C=O) groups excluding carboxylic acids is 1. The fourth-order valence-electron chi connectivity index (χ4n) is 2.27. The van der Waals surface area contributed by atoms with Gasteiger partial charge in [0.25, 0.3) is 0 Å². The van der Waals surface area contributed by atoms with Crippen LogP contribution in [0.3, 0.4) is 0 Å². The van der Waals surface area contributed by atoms with E-state index in [9.17, 15) is 4.79 Å². The number of aromatic nitrogens is 1. The summed E-state index contributed by atoms with van der Waals surface area (Å²) in [4.78, 5) is 13.9. The van der Waals surface area contributed by atoms with E-state index >= 15 is 0 Å². The molecule has 1 unspecified atom stereocenters. The quantitative estimate of drug-likeness (QED) is 0.840. The third kappa shape index (κ3) is 2.34. The predicted octanol–water partition coefficient (Wildman–Crippen LogP) is 0.836. The number of hydrogen-bond donors (Lipinski definition) is 1. The maximum Gasteiger partial charge on any atom is 0.240 e. The van der Waals surface area contributed by atoms with Crippen LogP contribution in [0.15, 0.2) is 10.6 Å². The molecule has 1 saturated carbocycles. The summed E-state index contributed by atoms with van der Waals surface area (Å²) in [5.41, 5.74) is 0.836. The van der Waals surface area contributed by atoms with E-state index in [1.165, 1.54) is 12.8 Å². The highest BCUT2D eigenvalue weighted by atomic mass is 16.5. The van der Waals surface area contributed by atoms with Crippen molar-refractivity contribution >= 4 is 5.91 Å². The Hall–Kier alpha value is -1.36. The zero-order chi connectivity index (χ0) is 11.8. The molecular formula is C12H17N3O2. The minimum atomic E-state index is 0.0236. The smallest absolute Gasteiger partial charge is 0.240 e. The van der Waals surface area contributed by atoms with Crippen molar-refractivity contribution in [3.63, 3.8) is 0 Å². The van der Waals surface area contributed by atoms with Crippen LogP contribution in [0.1, 0.15) is 30.7 Å². The molecule has 1 aliphatic carbocycles. The van der Waals surface area contributed by atoms with E-state index in [0.29, 0.717) is 12.6 Å². The molecule has 1 aromatic heterocycles. The number of nitrogens with one attached hydrogen (secondary N) is 1. The molecule has 17 heavy (non-hydrogen) atoms. The third-order valence-corrected chi connectivity index (χ3v) is 3.34.